The van der Waals surface area contributed by atoms with E-state index in [2.05, 4.69) is 4.98 Å². The summed E-state index contributed by atoms with van der Waals surface area (Å²) in [5, 5.41) is 11.3. The number of ether oxygens (including phenoxy) is 1. The molecule has 2 rings (SSSR count). The first-order valence-corrected chi connectivity index (χ1v) is 6.23. The molecule has 0 aliphatic rings. The topological polar surface area (TPSA) is 76.2 Å². The molecule has 0 aliphatic carbocycles. The summed E-state index contributed by atoms with van der Waals surface area (Å²) >= 11 is 1.42. The van der Waals surface area contributed by atoms with E-state index in [0.29, 0.717) is 22.9 Å². The minimum Gasteiger partial charge on any atom is -0.455 e. The summed E-state index contributed by atoms with van der Waals surface area (Å²) in [6.07, 6.45) is 0. The van der Waals surface area contributed by atoms with Gasteiger partial charge >= 0.3 is 5.97 Å². The van der Waals surface area contributed by atoms with Crippen LogP contribution in [0.5, 0.6) is 0 Å². The zero-order valence-electron chi connectivity index (χ0n) is 10.0. The molecule has 0 saturated heterocycles. The van der Waals surface area contributed by atoms with Gasteiger partial charge < -0.3 is 9.15 Å². The van der Waals surface area contributed by atoms with Gasteiger partial charge in [-0.15, -0.1) is 0 Å². The van der Waals surface area contributed by atoms with Gasteiger partial charge in [-0.1, -0.05) is 0 Å². The molecule has 1 N–H and O–H groups in total. The molecule has 6 heteroatoms. The van der Waals surface area contributed by atoms with E-state index >= 15 is 0 Å². The molecule has 0 atom stereocenters. The van der Waals surface area contributed by atoms with Crippen LogP contribution in [-0.4, -0.2) is 23.3 Å². The first-order chi connectivity index (χ1) is 8.58. The molecular formula is C12H12N2O3S. The van der Waals surface area contributed by atoms with Gasteiger partial charge in [0.1, 0.15) is 12.3 Å². The fourth-order valence-electron chi connectivity index (χ4n) is 1.48. The number of aryl methyl sites for hydroxylation is 2. The molecular weight excluding hydrogens is 252 g/mol. The zero-order valence-corrected chi connectivity index (χ0v) is 10.8. The van der Waals surface area contributed by atoms with Crippen LogP contribution in [0.25, 0.3) is 0 Å². The van der Waals surface area contributed by atoms with Gasteiger partial charge in [0.25, 0.3) is 0 Å². The van der Waals surface area contributed by atoms with E-state index in [4.69, 9.17) is 14.6 Å². The van der Waals surface area contributed by atoms with Crippen molar-refractivity contribution < 1.29 is 13.9 Å². The number of rotatable bonds is 4. The molecule has 0 amide bonds. The van der Waals surface area contributed by atoms with Gasteiger partial charge in [0, 0.05) is 12.3 Å². The molecule has 2 heterocycles. The molecule has 2 aromatic heterocycles. The van der Waals surface area contributed by atoms with E-state index < -0.39 is 5.97 Å². The number of nitrogens with zero attached hydrogens (tertiary/aromatic N) is 1. The van der Waals surface area contributed by atoms with E-state index in [-0.39, 0.29) is 12.3 Å². The lowest BCUT2D eigenvalue weighted by Gasteiger charge is -2.03. The third-order valence-corrected chi connectivity index (χ3v) is 2.97. The van der Waals surface area contributed by atoms with Crippen LogP contribution < -0.4 is 0 Å². The minimum absolute atomic E-state index is 0.108. The molecule has 0 bridgehead atoms. The Hall–Kier alpha value is -1.95. The third kappa shape index (κ3) is 2.65. The average Bonchev–Trinajstić information content (AvgIpc) is 2.95. The number of thiophene rings is 1. The highest BCUT2D eigenvalue weighted by Crippen LogP contribution is 2.11. The molecule has 94 valence electrons. The van der Waals surface area contributed by atoms with Crippen molar-refractivity contribution >= 4 is 23.0 Å². The van der Waals surface area contributed by atoms with E-state index in [0.717, 1.165) is 0 Å². The van der Waals surface area contributed by atoms with Crippen molar-refractivity contribution in [3.8, 4) is 0 Å². The van der Waals surface area contributed by atoms with Gasteiger partial charge in [-0.25, -0.2) is 9.78 Å². The van der Waals surface area contributed by atoms with Crippen molar-refractivity contribution in [2.24, 2.45) is 0 Å². The Morgan fingerprint density at radius 3 is 2.89 bits per heavy atom. The van der Waals surface area contributed by atoms with Gasteiger partial charge in [0.2, 0.25) is 0 Å². The van der Waals surface area contributed by atoms with Crippen molar-refractivity contribution in [1.29, 1.82) is 5.41 Å². The average molecular weight is 264 g/mol. The van der Waals surface area contributed by atoms with E-state index in [1.165, 1.54) is 11.3 Å². The predicted octanol–water partition coefficient (Wildman–Crippen LogP) is 2.58. The van der Waals surface area contributed by atoms with Gasteiger partial charge in [-0.2, -0.15) is 11.3 Å². The lowest BCUT2D eigenvalue weighted by Crippen LogP contribution is -2.14. The van der Waals surface area contributed by atoms with Crippen LogP contribution in [0.4, 0.5) is 0 Å². The molecule has 0 unspecified atom stereocenters. The number of hydrogen-bond donors (Lipinski definition) is 1. The number of carbonyl (C=O) groups is 1. The smallest absolute Gasteiger partial charge is 0.339 e. The summed E-state index contributed by atoms with van der Waals surface area (Å²) in [6, 6.07) is 1.68. The zero-order chi connectivity index (χ0) is 13.1. The second-order valence-corrected chi connectivity index (χ2v) is 4.49. The Labute approximate surface area is 108 Å². The summed E-state index contributed by atoms with van der Waals surface area (Å²) in [4.78, 5) is 15.6. The maximum Gasteiger partial charge on any atom is 0.339 e. The van der Waals surface area contributed by atoms with Crippen LogP contribution in [0.3, 0.4) is 0 Å². The molecule has 0 aromatic carbocycles. The highest BCUT2D eigenvalue weighted by molar-refractivity contribution is 7.08. The standard InChI is InChI=1S/C12H12N2O3S/c1-7-11(17-8(2)14-7)10(13)5-16-12(15)9-3-4-18-6-9/h3-4,6,13H,5H2,1-2H3. The first-order valence-electron chi connectivity index (χ1n) is 5.29. The van der Waals surface area contributed by atoms with Crippen molar-refractivity contribution in [3.05, 3.63) is 39.7 Å². The summed E-state index contributed by atoms with van der Waals surface area (Å²) in [7, 11) is 0. The van der Waals surface area contributed by atoms with Gasteiger partial charge in [-0.05, 0) is 18.4 Å². The number of esters is 1. The van der Waals surface area contributed by atoms with E-state index in [9.17, 15) is 4.79 Å². The van der Waals surface area contributed by atoms with Gasteiger partial charge in [-0.3, -0.25) is 5.41 Å². The minimum atomic E-state index is -0.435. The maximum absolute atomic E-state index is 11.6. The molecule has 0 spiro atoms. The number of carbonyl (C=O) groups excluding carboxylic acids is 1. The molecule has 5 nitrogen and oxygen atoms in total. The van der Waals surface area contributed by atoms with Crippen molar-refractivity contribution in [3.63, 3.8) is 0 Å². The SMILES string of the molecule is Cc1nc(C)c(C(=N)COC(=O)c2ccsc2)o1. The van der Waals surface area contributed by atoms with Gasteiger partial charge in [0.15, 0.2) is 11.7 Å². The Kier molecular flexibility index (Phi) is 3.57. The molecule has 0 aliphatic heterocycles. The molecule has 0 radical (unpaired) electrons. The van der Waals surface area contributed by atoms with Crippen LogP contribution in [-0.2, 0) is 4.74 Å². The van der Waals surface area contributed by atoms with Crippen LogP contribution in [0.15, 0.2) is 21.2 Å². The Morgan fingerprint density at radius 1 is 1.56 bits per heavy atom. The highest BCUT2D eigenvalue weighted by Gasteiger charge is 2.15. The summed E-state index contributed by atoms with van der Waals surface area (Å²) in [5.41, 5.74) is 1.24. The molecule has 0 saturated carbocycles. The number of oxazole rings is 1. The molecule has 18 heavy (non-hydrogen) atoms. The number of aromatic nitrogens is 1. The second kappa shape index (κ2) is 5.14. The van der Waals surface area contributed by atoms with Crippen LogP contribution >= 0.6 is 11.3 Å². The van der Waals surface area contributed by atoms with Gasteiger partial charge in [0.05, 0.1) is 11.3 Å². The number of nitrogens with one attached hydrogen (secondary N) is 1. The maximum atomic E-state index is 11.6. The fraction of sp³-hybridized carbons (Fsp3) is 0.250. The van der Waals surface area contributed by atoms with Crippen molar-refractivity contribution in [2.75, 3.05) is 6.61 Å². The summed E-state index contributed by atoms with van der Waals surface area (Å²) in [6.45, 7) is 3.34. The number of hydrogen-bond acceptors (Lipinski definition) is 6. The highest BCUT2D eigenvalue weighted by atomic mass is 32.1. The largest absolute Gasteiger partial charge is 0.455 e. The summed E-state index contributed by atoms with van der Waals surface area (Å²) < 4.78 is 10.3. The lowest BCUT2D eigenvalue weighted by molar-refractivity contribution is 0.0563. The van der Waals surface area contributed by atoms with Crippen LogP contribution in [0.2, 0.25) is 0 Å². The lowest BCUT2D eigenvalue weighted by atomic mass is 10.2. The quantitative estimate of drug-likeness (QED) is 0.680. The predicted molar refractivity (Wildman–Crippen MR) is 67.4 cm³/mol. The summed E-state index contributed by atoms with van der Waals surface area (Å²) in [5.74, 6) is 0.428. The van der Waals surface area contributed by atoms with Crippen molar-refractivity contribution in [2.45, 2.75) is 13.8 Å². The third-order valence-electron chi connectivity index (χ3n) is 2.28. The first kappa shape index (κ1) is 12.5. The Balaban J connectivity index is 1.97. The molecule has 0 fully saturated rings. The fourth-order valence-corrected chi connectivity index (χ4v) is 2.10. The van der Waals surface area contributed by atoms with Crippen LogP contribution in [0.1, 0.15) is 27.7 Å². The monoisotopic (exact) mass is 264 g/mol. The second-order valence-electron chi connectivity index (χ2n) is 3.71. The Morgan fingerprint density at radius 2 is 2.33 bits per heavy atom. The van der Waals surface area contributed by atoms with Crippen LogP contribution in [0, 0.1) is 19.3 Å². The van der Waals surface area contributed by atoms with E-state index in [1.807, 2.05) is 0 Å². The Bertz CT molecular complexity index is 572. The van der Waals surface area contributed by atoms with Crippen molar-refractivity contribution in [1.82, 2.24) is 4.98 Å². The molecule has 2 aromatic rings. The van der Waals surface area contributed by atoms with E-state index in [1.54, 1.807) is 30.7 Å². The normalized spacial score (nSPS) is 10.3.